The van der Waals surface area contributed by atoms with E-state index in [9.17, 15) is 32.3 Å². The van der Waals surface area contributed by atoms with E-state index in [0.717, 1.165) is 24.3 Å². The van der Waals surface area contributed by atoms with Gasteiger partial charge in [0, 0.05) is 76.0 Å². The summed E-state index contributed by atoms with van der Waals surface area (Å²) in [5.41, 5.74) is 0.773. The summed E-state index contributed by atoms with van der Waals surface area (Å²) in [6, 6.07) is 7.19. The maximum Gasteiger partial charge on any atom is 0.416 e. The van der Waals surface area contributed by atoms with Crippen molar-refractivity contribution in [3.8, 4) is 0 Å². The van der Waals surface area contributed by atoms with E-state index >= 15 is 17.6 Å². The monoisotopic (exact) mass is 1160 g/mol. The van der Waals surface area contributed by atoms with E-state index in [1.807, 2.05) is 4.90 Å². The number of methoxy groups -OCH3 is 4. The van der Waals surface area contributed by atoms with Gasteiger partial charge < -0.3 is 64.0 Å². The van der Waals surface area contributed by atoms with Crippen molar-refractivity contribution >= 4 is 63.1 Å². The highest BCUT2D eigenvalue weighted by atomic mass is 19.4. The number of halogens is 7. The number of H-pyrrole nitrogens is 2. The second kappa shape index (κ2) is 23.8. The third-order valence-corrected chi connectivity index (χ3v) is 16.6. The Morgan fingerprint density at radius 2 is 1.00 bits per heavy atom. The molecule has 444 valence electrons. The molecule has 8 atom stereocenters. The van der Waals surface area contributed by atoms with E-state index < -0.39 is 107 Å². The first-order chi connectivity index (χ1) is 39.7. The molecule has 0 saturated carbocycles. The molecule has 2 aromatic heterocycles. The van der Waals surface area contributed by atoms with Crippen LogP contribution in [0.5, 0.6) is 0 Å². The van der Waals surface area contributed by atoms with Crippen LogP contribution in [0.2, 0.25) is 0 Å². The summed E-state index contributed by atoms with van der Waals surface area (Å²) >= 11 is 0. The lowest BCUT2D eigenvalue weighted by atomic mass is 10.0. The fraction of sp³-hybridized carbons (Fsp3) is 0.474. The van der Waals surface area contributed by atoms with Gasteiger partial charge in [0.2, 0.25) is 11.8 Å². The van der Waals surface area contributed by atoms with Crippen molar-refractivity contribution in [2.24, 2.45) is 0 Å². The highest BCUT2D eigenvalue weighted by Gasteiger charge is 2.43. The fourth-order valence-electron chi connectivity index (χ4n) is 12.2. The zero-order chi connectivity index (χ0) is 59.2. The Morgan fingerprint density at radius 3 is 1.41 bits per heavy atom. The second-order valence-electron chi connectivity index (χ2n) is 21.3. The molecule has 6 aromatic rings. The number of nitrogens with one attached hydrogen (secondary N) is 4. The molecule has 83 heavy (non-hydrogen) atoms. The van der Waals surface area contributed by atoms with Crippen LogP contribution < -0.4 is 25.3 Å². The Morgan fingerprint density at radius 1 is 0.566 bits per heavy atom. The third kappa shape index (κ3) is 11.5. The van der Waals surface area contributed by atoms with Gasteiger partial charge in [0.25, 0.3) is 0 Å². The lowest BCUT2D eigenvalue weighted by Crippen LogP contribution is -2.54. The van der Waals surface area contributed by atoms with Crippen LogP contribution in [-0.2, 0) is 34.7 Å². The van der Waals surface area contributed by atoms with Gasteiger partial charge in [0.1, 0.15) is 41.1 Å². The number of carbonyl (C=O) groups is 4. The van der Waals surface area contributed by atoms with Crippen LogP contribution in [0.1, 0.15) is 105 Å². The number of amides is 4. The van der Waals surface area contributed by atoms with Gasteiger partial charge in [-0.05, 0) is 113 Å². The molecular formula is C57H64F7N11O8. The van der Waals surface area contributed by atoms with E-state index in [-0.39, 0.29) is 61.5 Å². The molecule has 19 nitrogen and oxygen atoms in total. The van der Waals surface area contributed by atoms with Crippen molar-refractivity contribution in [2.45, 2.75) is 107 Å². The topological polar surface area (TPSA) is 203 Å². The SMILES string of the molecule is COC(=O)N[C@H](C(=O)N1CCC[C@H]1c1nc2cc([C@H]3CC[C@H](c4cc5nc([C@@H]6CCCN6C(=O)[C@@H](NC(=O)OC)[C@@H](C)OC)[nH]c5cc4F)N3c3cc(F)c(N4CCN(c5ccc(C(F)(F)F)cc5)CC4)c(F)c3)c(F)cc2[nH]1)[C@@H](C)OC. The van der Waals surface area contributed by atoms with E-state index in [1.165, 1.54) is 69.7 Å². The Labute approximate surface area is 472 Å². The van der Waals surface area contributed by atoms with Gasteiger partial charge in [-0.15, -0.1) is 0 Å². The van der Waals surface area contributed by atoms with Crippen LogP contribution in [0.4, 0.5) is 57.4 Å². The van der Waals surface area contributed by atoms with E-state index in [0.29, 0.717) is 78.2 Å². The second-order valence-corrected chi connectivity index (χ2v) is 21.3. The standard InChI is InChI=1S/C57H64F7N11O8/c1-29(80-3)48(69-55(78)82-5)53(76)73-17-7-9-46(73)51-65-40-25-34(36(58)27-42(40)67-51)44-15-16-45(75(44)33-23-38(60)50(39(61)24-33)72-21-19-71(20-22-72)32-13-11-31(12-14-32)57(62,63)64)35-26-41-43(28-37(35)59)68-52(66-41)47-10-8-18-74(47)54(77)49(30(2)81-4)70-56(79)83-6/h11-14,23-30,44-49H,7-10,15-22H2,1-6H3,(H,65,67)(H,66,68)(H,69,78)(H,70,79)/t29-,30-,44-,45-,46+,47+,48+,49+/m1/s1. The number of alkyl carbamates (subject to hydrolysis) is 2. The molecule has 4 aromatic carbocycles. The molecule has 4 amide bonds. The molecule has 4 fully saturated rings. The number of rotatable bonds is 15. The largest absolute Gasteiger partial charge is 0.453 e. The maximum absolute atomic E-state index is 17.0. The number of anilines is 3. The molecular weight excluding hydrogens is 1100 g/mol. The van der Waals surface area contributed by atoms with Crippen LogP contribution in [-0.4, -0.2) is 146 Å². The van der Waals surface area contributed by atoms with Crippen molar-refractivity contribution < 1.29 is 68.9 Å². The number of benzene rings is 4. The number of piperazine rings is 1. The fourth-order valence-corrected chi connectivity index (χ4v) is 12.2. The number of likely N-dealkylation sites (tertiary alicyclic amines) is 2. The zero-order valence-electron chi connectivity index (χ0n) is 46.4. The summed E-state index contributed by atoms with van der Waals surface area (Å²) in [6.45, 7) is 4.62. The van der Waals surface area contributed by atoms with Gasteiger partial charge in [-0.3, -0.25) is 9.59 Å². The zero-order valence-corrected chi connectivity index (χ0v) is 46.4. The quantitative estimate of drug-likeness (QED) is 0.0710. The molecule has 6 heterocycles. The number of carbonyl (C=O) groups excluding carboxylic acids is 4. The van der Waals surface area contributed by atoms with Crippen molar-refractivity contribution in [1.82, 2.24) is 40.4 Å². The average molecular weight is 1160 g/mol. The van der Waals surface area contributed by atoms with Crippen molar-refractivity contribution in [3.05, 3.63) is 112 Å². The molecule has 0 bridgehead atoms. The number of hydrogen-bond acceptors (Lipinski definition) is 13. The number of imidazole rings is 2. The van der Waals surface area contributed by atoms with Gasteiger partial charge in [-0.25, -0.2) is 37.1 Å². The summed E-state index contributed by atoms with van der Waals surface area (Å²) in [6.07, 6.45) is -5.14. The summed E-state index contributed by atoms with van der Waals surface area (Å²) in [5, 5.41) is 5.11. The van der Waals surface area contributed by atoms with Crippen LogP contribution in [0.25, 0.3) is 22.1 Å². The van der Waals surface area contributed by atoms with Gasteiger partial charge in [-0.1, -0.05) is 0 Å². The average Bonchev–Trinajstić information content (AvgIpc) is 3.63. The van der Waals surface area contributed by atoms with Gasteiger partial charge in [-0.2, -0.15) is 13.2 Å². The number of aromatic nitrogens is 4. The maximum atomic E-state index is 17.0. The van der Waals surface area contributed by atoms with Crippen molar-refractivity contribution in [1.29, 1.82) is 0 Å². The molecule has 4 N–H and O–H groups in total. The normalized spacial score (nSPS) is 21.0. The molecule has 10 rings (SSSR count). The molecule has 4 aliphatic heterocycles. The molecule has 0 aliphatic carbocycles. The lowest BCUT2D eigenvalue weighted by Gasteiger charge is -2.38. The predicted octanol–water partition coefficient (Wildman–Crippen LogP) is 9.27. The van der Waals surface area contributed by atoms with Crippen molar-refractivity contribution in [3.63, 3.8) is 0 Å². The Kier molecular flexibility index (Phi) is 16.7. The number of hydrogen-bond donors (Lipinski definition) is 4. The van der Waals surface area contributed by atoms with E-state index in [2.05, 4.69) is 20.6 Å². The van der Waals surface area contributed by atoms with Crippen LogP contribution in [0.3, 0.4) is 0 Å². The summed E-state index contributed by atoms with van der Waals surface area (Å²) in [5.74, 6) is -3.48. The number of ether oxygens (including phenoxy) is 4. The number of fused-ring (bicyclic) bond motifs is 2. The van der Waals surface area contributed by atoms with Gasteiger partial charge in [0.05, 0.1) is 78.2 Å². The highest BCUT2D eigenvalue weighted by Crippen LogP contribution is 2.50. The molecule has 0 radical (unpaired) electrons. The summed E-state index contributed by atoms with van der Waals surface area (Å²) < 4.78 is 128. The minimum absolute atomic E-state index is 0.0231. The van der Waals surface area contributed by atoms with Crippen LogP contribution in [0.15, 0.2) is 60.7 Å². The molecule has 26 heteroatoms. The van der Waals surface area contributed by atoms with E-state index in [4.69, 9.17) is 28.9 Å². The number of alkyl halides is 3. The third-order valence-electron chi connectivity index (χ3n) is 16.6. The van der Waals surface area contributed by atoms with Crippen LogP contribution in [0, 0.1) is 23.3 Å². The van der Waals surface area contributed by atoms with Crippen LogP contribution >= 0.6 is 0 Å². The smallest absolute Gasteiger partial charge is 0.416 e. The molecule has 0 unspecified atom stereocenters. The first-order valence-corrected chi connectivity index (χ1v) is 27.4. The Hall–Kier alpha value is -7.87. The first-order valence-electron chi connectivity index (χ1n) is 27.4. The molecule has 0 spiro atoms. The highest BCUT2D eigenvalue weighted by molar-refractivity contribution is 5.88. The summed E-state index contributed by atoms with van der Waals surface area (Å²) in [7, 11) is 5.17. The van der Waals surface area contributed by atoms with Crippen molar-refractivity contribution in [2.75, 3.05) is 82.4 Å². The number of nitrogens with zero attached hydrogens (tertiary/aromatic N) is 7. The minimum atomic E-state index is -4.52. The minimum Gasteiger partial charge on any atom is -0.453 e. The van der Waals surface area contributed by atoms with Gasteiger partial charge in [0.15, 0.2) is 11.6 Å². The van der Waals surface area contributed by atoms with E-state index in [1.54, 1.807) is 28.5 Å². The van der Waals surface area contributed by atoms with Gasteiger partial charge >= 0.3 is 18.4 Å². The Balaban J connectivity index is 0.986. The lowest BCUT2D eigenvalue weighted by molar-refractivity contribution is -0.138. The number of aromatic amines is 2. The summed E-state index contributed by atoms with van der Waals surface area (Å²) in [4.78, 5) is 76.9. The molecule has 4 saturated heterocycles. The first kappa shape index (κ1) is 58.3. The molecule has 4 aliphatic rings. The predicted molar refractivity (Wildman–Crippen MR) is 291 cm³/mol. The Bertz CT molecular complexity index is 3220.